The molecule has 0 atom stereocenters. The summed E-state index contributed by atoms with van der Waals surface area (Å²) < 4.78 is 5.46. The molecule has 1 heterocycles. The number of benzene rings is 1. The van der Waals surface area contributed by atoms with Crippen molar-refractivity contribution < 1.29 is 19.2 Å². The predicted octanol–water partition coefficient (Wildman–Crippen LogP) is 3.20. The third-order valence-electron chi connectivity index (χ3n) is 2.73. The molecule has 0 radical (unpaired) electrons. The summed E-state index contributed by atoms with van der Waals surface area (Å²) >= 11 is 0. The Morgan fingerprint density at radius 3 is 2.70 bits per heavy atom. The number of carbonyl (C=O) groups is 1. The Kier molecular flexibility index (Phi) is 3.65. The van der Waals surface area contributed by atoms with Crippen LogP contribution in [0.1, 0.15) is 21.7 Å². The molecule has 102 valence electrons. The lowest BCUT2D eigenvalue weighted by Gasteiger charge is -2.03. The van der Waals surface area contributed by atoms with Crippen molar-refractivity contribution in [3.05, 3.63) is 63.5 Å². The Bertz CT molecular complexity index is 699. The highest BCUT2D eigenvalue weighted by Gasteiger charge is 2.10. The fourth-order valence-corrected chi connectivity index (χ4v) is 1.79. The molecule has 0 unspecified atom stereocenters. The van der Waals surface area contributed by atoms with E-state index in [2.05, 4.69) is 0 Å². The summed E-state index contributed by atoms with van der Waals surface area (Å²) in [5.74, 6) is -0.102. The average molecular weight is 273 g/mol. The van der Waals surface area contributed by atoms with Crippen LogP contribution >= 0.6 is 0 Å². The van der Waals surface area contributed by atoms with Gasteiger partial charge in [0.05, 0.1) is 16.6 Å². The first kappa shape index (κ1) is 13.5. The lowest BCUT2D eigenvalue weighted by molar-refractivity contribution is -0.401. The predicted molar refractivity (Wildman–Crippen MR) is 71.9 cm³/mol. The number of aryl methyl sites for hydroxylation is 1. The monoisotopic (exact) mass is 273 g/mol. The van der Waals surface area contributed by atoms with Gasteiger partial charge < -0.3 is 9.52 Å². The molecule has 0 aliphatic rings. The van der Waals surface area contributed by atoms with E-state index in [1.165, 1.54) is 12.1 Å². The summed E-state index contributed by atoms with van der Waals surface area (Å²) in [5, 5.41) is 19.1. The number of nitrogens with zero attached hydrogens (tertiary/aromatic N) is 1. The molecule has 2 aromatic rings. The zero-order valence-corrected chi connectivity index (χ0v) is 10.6. The number of carboxylic acid groups (broad SMARTS) is 1. The number of carboxylic acids is 1. The fourth-order valence-electron chi connectivity index (χ4n) is 1.79. The number of hydrogen-bond acceptors (Lipinski definition) is 4. The highest BCUT2D eigenvalue weighted by atomic mass is 16.6. The van der Waals surface area contributed by atoms with Gasteiger partial charge in [0.25, 0.3) is 0 Å². The van der Waals surface area contributed by atoms with Crippen LogP contribution in [0.4, 0.5) is 0 Å². The minimum Gasteiger partial charge on any atom is -0.478 e. The van der Waals surface area contributed by atoms with Crippen LogP contribution < -0.4 is 0 Å². The van der Waals surface area contributed by atoms with E-state index in [0.717, 1.165) is 17.3 Å². The first-order chi connectivity index (χ1) is 9.47. The average Bonchev–Trinajstić information content (AvgIpc) is 2.84. The van der Waals surface area contributed by atoms with Crippen molar-refractivity contribution in [3.8, 4) is 11.3 Å². The van der Waals surface area contributed by atoms with Crippen LogP contribution in [-0.2, 0) is 0 Å². The lowest BCUT2D eigenvalue weighted by Crippen LogP contribution is -1.96. The lowest BCUT2D eigenvalue weighted by atomic mass is 10.0. The van der Waals surface area contributed by atoms with Gasteiger partial charge in [-0.3, -0.25) is 10.1 Å². The van der Waals surface area contributed by atoms with Gasteiger partial charge in [-0.15, -0.1) is 0 Å². The molecule has 0 aliphatic carbocycles. The molecular formula is C14H11NO5. The van der Waals surface area contributed by atoms with Crippen molar-refractivity contribution >= 4 is 12.0 Å². The zero-order chi connectivity index (χ0) is 14.7. The molecule has 1 aromatic heterocycles. The van der Waals surface area contributed by atoms with Gasteiger partial charge >= 0.3 is 5.97 Å². The van der Waals surface area contributed by atoms with Gasteiger partial charge in [-0.25, -0.2) is 4.79 Å². The second kappa shape index (κ2) is 5.40. The van der Waals surface area contributed by atoms with E-state index in [0.29, 0.717) is 11.5 Å². The van der Waals surface area contributed by atoms with E-state index in [1.54, 1.807) is 31.2 Å². The summed E-state index contributed by atoms with van der Waals surface area (Å²) in [7, 11) is 0. The molecule has 6 nitrogen and oxygen atoms in total. The maximum atomic E-state index is 10.9. The number of nitro groups is 1. The van der Waals surface area contributed by atoms with E-state index in [1.807, 2.05) is 0 Å². The molecule has 0 saturated carbocycles. The third-order valence-corrected chi connectivity index (χ3v) is 2.73. The maximum Gasteiger partial charge on any atom is 0.335 e. The van der Waals surface area contributed by atoms with Gasteiger partial charge in [-0.2, -0.15) is 0 Å². The van der Waals surface area contributed by atoms with Gasteiger partial charge in [0.15, 0.2) is 0 Å². The van der Waals surface area contributed by atoms with E-state index in [-0.39, 0.29) is 5.56 Å². The van der Waals surface area contributed by atoms with Crippen molar-refractivity contribution in [1.82, 2.24) is 0 Å². The topological polar surface area (TPSA) is 93.6 Å². The Hall–Kier alpha value is -2.89. The minimum atomic E-state index is -0.992. The quantitative estimate of drug-likeness (QED) is 0.681. The SMILES string of the molecule is Cc1cc(C(=O)O)ccc1-c1ccc(C=C[N+](=O)[O-])o1. The normalized spacial score (nSPS) is 10.8. The highest BCUT2D eigenvalue weighted by molar-refractivity contribution is 5.88. The molecule has 0 bridgehead atoms. The van der Waals surface area contributed by atoms with E-state index in [9.17, 15) is 14.9 Å². The molecule has 1 N–H and O–H groups in total. The molecular weight excluding hydrogens is 262 g/mol. The summed E-state index contributed by atoms with van der Waals surface area (Å²) in [5.41, 5.74) is 1.70. The molecule has 6 heteroatoms. The molecule has 20 heavy (non-hydrogen) atoms. The minimum absolute atomic E-state index is 0.200. The second-order valence-corrected chi connectivity index (χ2v) is 4.14. The van der Waals surface area contributed by atoms with Crippen molar-refractivity contribution in [3.63, 3.8) is 0 Å². The molecule has 0 spiro atoms. The van der Waals surface area contributed by atoms with Crippen LogP contribution in [0.15, 0.2) is 40.9 Å². The van der Waals surface area contributed by atoms with Crippen LogP contribution in [0.2, 0.25) is 0 Å². The number of aromatic carboxylic acids is 1. The van der Waals surface area contributed by atoms with Crippen molar-refractivity contribution in [2.75, 3.05) is 0 Å². The van der Waals surface area contributed by atoms with Crippen LogP contribution in [0.25, 0.3) is 17.4 Å². The van der Waals surface area contributed by atoms with E-state index >= 15 is 0 Å². The zero-order valence-electron chi connectivity index (χ0n) is 10.6. The number of rotatable bonds is 4. The first-order valence-electron chi connectivity index (χ1n) is 5.73. The van der Waals surface area contributed by atoms with Crippen molar-refractivity contribution in [1.29, 1.82) is 0 Å². The summed E-state index contributed by atoms with van der Waals surface area (Å²) in [4.78, 5) is 20.5. The summed E-state index contributed by atoms with van der Waals surface area (Å²) in [6.45, 7) is 1.77. The van der Waals surface area contributed by atoms with Gasteiger partial charge in [0.2, 0.25) is 6.20 Å². The fraction of sp³-hybridized carbons (Fsp3) is 0.0714. The Labute approximate surface area is 114 Å². The van der Waals surface area contributed by atoms with Gasteiger partial charge in [-0.05, 0) is 36.8 Å². The van der Waals surface area contributed by atoms with Crippen LogP contribution in [0.5, 0.6) is 0 Å². The van der Waals surface area contributed by atoms with Crippen molar-refractivity contribution in [2.24, 2.45) is 0 Å². The largest absolute Gasteiger partial charge is 0.478 e. The van der Waals surface area contributed by atoms with Crippen LogP contribution in [0.3, 0.4) is 0 Å². The Morgan fingerprint density at radius 2 is 2.10 bits per heavy atom. The van der Waals surface area contributed by atoms with Gasteiger partial charge in [0, 0.05) is 5.56 Å². The Balaban J connectivity index is 2.33. The molecule has 0 aliphatic heterocycles. The molecule has 1 aromatic carbocycles. The first-order valence-corrected chi connectivity index (χ1v) is 5.73. The summed E-state index contributed by atoms with van der Waals surface area (Å²) in [6, 6.07) is 7.98. The van der Waals surface area contributed by atoms with Crippen LogP contribution in [-0.4, -0.2) is 16.0 Å². The van der Waals surface area contributed by atoms with E-state index in [4.69, 9.17) is 9.52 Å². The second-order valence-electron chi connectivity index (χ2n) is 4.14. The van der Waals surface area contributed by atoms with Crippen LogP contribution in [0, 0.1) is 17.0 Å². The smallest absolute Gasteiger partial charge is 0.335 e. The molecule has 0 fully saturated rings. The standard InChI is InChI=1S/C14H11NO5/c1-9-8-10(14(16)17)2-4-12(9)13-5-3-11(20-13)6-7-15(18)19/h2-8H,1H3,(H,16,17). The summed E-state index contributed by atoms with van der Waals surface area (Å²) in [6.07, 6.45) is 2.05. The maximum absolute atomic E-state index is 10.9. The Morgan fingerprint density at radius 1 is 1.35 bits per heavy atom. The highest BCUT2D eigenvalue weighted by Crippen LogP contribution is 2.26. The van der Waals surface area contributed by atoms with Crippen molar-refractivity contribution in [2.45, 2.75) is 6.92 Å². The third kappa shape index (κ3) is 2.92. The molecule has 0 amide bonds. The van der Waals surface area contributed by atoms with Gasteiger partial charge in [0.1, 0.15) is 11.5 Å². The van der Waals surface area contributed by atoms with E-state index < -0.39 is 10.9 Å². The molecule has 2 rings (SSSR count). The molecule has 0 saturated heterocycles. The number of hydrogen-bond donors (Lipinski definition) is 1. The van der Waals surface area contributed by atoms with Gasteiger partial charge in [-0.1, -0.05) is 6.07 Å². The number of furan rings is 1.